The van der Waals surface area contributed by atoms with Gasteiger partial charge in [0.05, 0.1) is 14.2 Å². The number of anilines is 1. The van der Waals surface area contributed by atoms with E-state index in [2.05, 4.69) is 5.32 Å². The molecule has 1 amide bonds. The van der Waals surface area contributed by atoms with Crippen LogP contribution in [0.25, 0.3) is 0 Å². The molecular weight excluding hydrogens is 260 g/mol. The molecule has 0 bridgehead atoms. The first-order chi connectivity index (χ1) is 9.67. The lowest BCUT2D eigenvalue weighted by atomic mass is 9.96. The monoisotopic (exact) mass is 276 g/mol. The molecule has 2 aliphatic rings. The standard InChI is InChI=1S/C14H16N2O4/c1-19-13(17)11-7-9-8-5-3-4-6-10(8)15-12(9)16(11)14(18)20-2/h3-6,9,11-12,15H,7H2,1-2H3/t9-,11+,12-/m0/s1. The van der Waals surface area contributed by atoms with Crippen LogP contribution in [0, 0.1) is 0 Å². The van der Waals surface area contributed by atoms with Gasteiger partial charge in [0.2, 0.25) is 0 Å². The second-order valence-corrected chi connectivity index (χ2v) is 4.93. The summed E-state index contributed by atoms with van der Waals surface area (Å²) in [6, 6.07) is 7.27. The maximum Gasteiger partial charge on any atom is 0.411 e. The fourth-order valence-corrected chi connectivity index (χ4v) is 3.14. The van der Waals surface area contributed by atoms with Gasteiger partial charge in [-0.05, 0) is 18.1 Å². The lowest BCUT2D eigenvalue weighted by molar-refractivity contribution is -0.145. The van der Waals surface area contributed by atoms with Gasteiger partial charge in [0.1, 0.15) is 12.2 Å². The van der Waals surface area contributed by atoms with Crippen molar-refractivity contribution < 1.29 is 19.1 Å². The molecule has 106 valence electrons. The smallest absolute Gasteiger partial charge is 0.411 e. The van der Waals surface area contributed by atoms with Gasteiger partial charge in [0, 0.05) is 11.6 Å². The summed E-state index contributed by atoms with van der Waals surface area (Å²) in [6.07, 6.45) is -0.242. The minimum absolute atomic E-state index is 0.0781. The Kier molecular flexibility index (Phi) is 3.00. The van der Waals surface area contributed by atoms with E-state index in [1.807, 2.05) is 24.3 Å². The van der Waals surface area contributed by atoms with E-state index < -0.39 is 18.1 Å². The number of carbonyl (C=O) groups is 2. The zero-order valence-corrected chi connectivity index (χ0v) is 11.3. The average Bonchev–Trinajstić information content (AvgIpc) is 3.01. The van der Waals surface area contributed by atoms with Gasteiger partial charge < -0.3 is 14.8 Å². The van der Waals surface area contributed by atoms with Crippen molar-refractivity contribution in [1.82, 2.24) is 4.90 Å². The molecule has 0 aromatic heterocycles. The van der Waals surface area contributed by atoms with E-state index in [9.17, 15) is 9.59 Å². The van der Waals surface area contributed by atoms with Gasteiger partial charge in [-0.15, -0.1) is 0 Å². The van der Waals surface area contributed by atoms with Crippen LogP contribution in [0.3, 0.4) is 0 Å². The maximum atomic E-state index is 12.0. The Morgan fingerprint density at radius 3 is 2.70 bits per heavy atom. The van der Waals surface area contributed by atoms with Crippen molar-refractivity contribution in [2.24, 2.45) is 0 Å². The molecule has 1 aromatic rings. The lowest BCUT2D eigenvalue weighted by Gasteiger charge is -2.27. The summed E-state index contributed by atoms with van der Waals surface area (Å²) < 4.78 is 9.60. The average molecular weight is 276 g/mol. The second-order valence-electron chi connectivity index (χ2n) is 4.93. The summed E-state index contributed by atoms with van der Waals surface area (Å²) in [6.45, 7) is 0. The van der Waals surface area contributed by atoms with Gasteiger partial charge in [0.25, 0.3) is 0 Å². The van der Waals surface area contributed by atoms with Crippen LogP contribution < -0.4 is 5.32 Å². The van der Waals surface area contributed by atoms with E-state index in [0.29, 0.717) is 6.42 Å². The number of hydrogen-bond donors (Lipinski definition) is 1. The number of hydrogen-bond acceptors (Lipinski definition) is 5. The first kappa shape index (κ1) is 12.8. The Bertz CT molecular complexity index is 560. The number of para-hydroxylation sites is 1. The maximum absolute atomic E-state index is 12.0. The van der Waals surface area contributed by atoms with Crippen LogP contribution in [-0.4, -0.2) is 43.4 Å². The SMILES string of the molecule is COC(=O)[C@H]1C[C@H]2c3ccccc3N[C@H]2N1C(=O)OC. The fraction of sp³-hybridized carbons (Fsp3) is 0.429. The van der Waals surface area contributed by atoms with Crippen molar-refractivity contribution in [2.75, 3.05) is 19.5 Å². The first-order valence-corrected chi connectivity index (χ1v) is 6.47. The molecule has 0 unspecified atom stereocenters. The summed E-state index contributed by atoms with van der Waals surface area (Å²) in [5, 5.41) is 3.29. The predicted molar refractivity (Wildman–Crippen MR) is 71.3 cm³/mol. The fourth-order valence-electron chi connectivity index (χ4n) is 3.14. The minimum atomic E-state index is -0.608. The topological polar surface area (TPSA) is 67.9 Å². The summed E-state index contributed by atoms with van der Waals surface area (Å²) in [5.74, 6) is -0.335. The van der Waals surface area contributed by atoms with Crippen LogP contribution >= 0.6 is 0 Å². The number of rotatable bonds is 1. The number of ether oxygens (including phenoxy) is 2. The molecule has 1 saturated heterocycles. The third kappa shape index (κ3) is 1.71. The van der Waals surface area contributed by atoms with Crippen LogP contribution in [0.4, 0.5) is 10.5 Å². The Morgan fingerprint density at radius 1 is 1.25 bits per heavy atom. The molecule has 1 fully saturated rings. The number of likely N-dealkylation sites (tertiary alicyclic amines) is 1. The van der Waals surface area contributed by atoms with Crippen LogP contribution in [0.15, 0.2) is 24.3 Å². The van der Waals surface area contributed by atoms with Crippen molar-refractivity contribution in [2.45, 2.75) is 24.5 Å². The minimum Gasteiger partial charge on any atom is -0.467 e. The Hall–Kier alpha value is -2.24. The zero-order valence-electron chi connectivity index (χ0n) is 11.3. The molecule has 6 nitrogen and oxygen atoms in total. The third-order valence-corrected chi connectivity index (χ3v) is 4.02. The molecular formula is C14H16N2O4. The molecule has 20 heavy (non-hydrogen) atoms. The van der Waals surface area contributed by atoms with Crippen LogP contribution in [0.2, 0.25) is 0 Å². The number of fused-ring (bicyclic) bond motifs is 3. The van der Waals surface area contributed by atoms with Crippen molar-refractivity contribution >= 4 is 17.7 Å². The van der Waals surface area contributed by atoms with Crippen LogP contribution in [0.1, 0.15) is 17.9 Å². The van der Waals surface area contributed by atoms with Gasteiger partial charge in [-0.1, -0.05) is 18.2 Å². The number of nitrogens with zero attached hydrogens (tertiary/aromatic N) is 1. The van der Waals surface area contributed by atoms with Gasteiger partial charge in [-0.3, -0.25) is 4.90 Å². The van der Waals surface area contributed by atoms with Crippen LogP contribution in [-0.2, 0) is 14.3 Å². The molecule has 3 atom stereocenters. The number of nitrogens with one attached hydrogen (secondary N) is 1. The zero-order chi connectivity index (χ0) is 14.3. The number of methoxy groups -OCH3 is 2. The second kappa shape index (κ2) is 4.70. The Balaban J connectivity index is 1.96. The van der Waals surface area contributed by atoms with E-state index in [-0.39, 0.29) is 12.1 Å². The van der Waals surface area contributed by atoms with Gasteiger partial charge in [-0.2, -0.15) is 0 Å². The normalized spacial score (nSPS) is 26.5. The Morgan fingerprint density at radius 2 is 2.00 bits per heavy atom. The molecule has 1 aromatic carbocycles. The van der Waals surface area contributed by atoms with E-state index >= 15 is 0 Å². The summed E-state index contributed by atoms with van der Waals surface area (Å²) in [7, 11) is 2.64. The van der Waals surface area contributed by atoms with Gasteiger partial charge in [0.15, 0.2) is 0 Å². The highest BCUT2D eigenvalue weighted by Gasteiger charge is 2.52. The largest absolute Gasteiger partial charge is 0.467 e. The number of amides is 1. The molecule has 0 radical (unpaired) electrons. The third-order valence-electron chi connectivity index (χ3n) is 4.02. The quantitative estimate of drug-likeness (QED) is 0.788. The van der Waals surface area contributed by atoms with Gasteiger partial charge in [-0.25, -0.2) is 9.59 Å². The Labute approximate surface area is 116 Å². The predicted octanol–water partition coefficient (Wildman–Crippen LogP) is 1.54. The molecule has 2 heterocycles. The van der Waals surface area contributed by atoms with E-state index in [0.717, 1.165) is 11.3 Å². The highest BCUT2D eigenvalue weighted by molar-refractivity contribution is 5.84. The van der Waals surface area contributed by atoms with E-state index in [1.54, 1.807) is 0 Å². The summed E-state index contributed by atoms with van der Waals surface area (Å²) in [5.41, 5.74) is 2.12. The van der Waals surface area contributed by atoms with Crippen molar-refractivity contribution in [3.05, 3.63) is 29.8 Å². The summed E-state index contributed by atoms with van der Waals surface area (Å²) in [4.78, 5) is 25.3. The van der Waals surface area contributed by atoms with Crippen molar-refractivity contribution in [3.63, 3.8) is 0 Å². The highest BCUT2D eigenvalue weighted by atomic mass is 16.5. The number of benzene rings is 1. The van der Waals surface area contributed by atoms with Crippen molar-refractivity contribution in [1.29, 1.82) is 0 Å². The molecule has 0 spiro atoms. The number of carbonyl (C=O) groups excluding carboxylic acids is 2. The highest BCUT2D eigenvalue weighted by Crippen LogP contribution is 2.46. The van der Waals surface area contributed by atoms with Gasteiger partial charge >= 0.3 is 12.1 Å². The van der Waals surface area contributed by atoms with E-state index in [4.69, 9.17) is 9.47 Å². The molecule has 3 rings (SSSR count). The lowest BCUT2D eigenvalue weighted by Crippen LogP contribution is -2.47. The number of esters is 1. The van der Waals surface area contributed by atoms with Crippen molar-refractivity contribution in [3.8, 4) is 0 Å². The first-order valence-electron chi connectivity index (χ1n) is 6.47. The molecule has 6 heteroatoms. The molecule has 2 aliphatic heterocycles. The summed E-state index contributed by atoms with van der Waals surface area (Å²) >= 11 is 0. The van der Waals surface area contributed by atoms with Crippen LogP contribution in [0.5, 0.6) is 0 Å². The molecule has 0 aliphatic carbocycles. The molecule has 1 N–H and O–H groups in total. The van der Waals surface area contributed by atoms with E-state index in [1.165, 1.54) is 19.1 Å². The molecule has 0 saturated carbocycles.